The molecule has 158 valence electrons. The monoisotopic (exact) mass is 412 g/mol. The highest BCUT2D eigenvalue weighted by atomic mass is 19.4. The van der Waals surface area contributed by atoms with E-state index in [1.54, 1.807) is 6.92 Å². The highest BCUT2D eigenvalue weighted by molar-refractivity contribution is 5.74. The van der Waals surface area contributed by atoms with Gasteiger partial charge in [-0.3, -0.25) is 4.79 Å². The number of methoxy groups -OCH3 is 1. The van der Waals surface area contributed by atoms with Gasteiger partial charge in [-0.15, -0.1) is 10.2 Å². The smallest absolute Gasteiger partial charge is 0.416 e. The summed E-state index contributed by atoms with van der Waals surface area (Å²) in [6.07, 6.45) is -4.23. The number of phenolic OH excluding ortho intramolecular Hbond substituents is 1. The molecule has 7 nitrogen and oxygen atoms in total. The SMILES string of the molecule is COC(=O)CCc1c(NC(C)CN)nnc(-c2ccc(C(F)(F)F)cc2O)c1C. The number of aromatic hydroxyl groups is 1. The topological polar surface area (TPSA) is 110 Å². The van der Waals surface area contributed by atoms with Crippen LogP contribution >= 0.6 is 0 Å². The average Bonchev–Trinajstić information content (AvgIpc) is 2.67. The van der Waals surface area contributed by atoms with Crippen LogP contribution in [0.4, 0.5) is 19.0 Å². The van der Waals surface area contributed by atoms with E-state index in [-0.39, 0.29) is 30.1 Å². The summed E-state index contributed by atoms with van der Waals surface area (Å²) in [6.45, 7) is 3.88. The first-order valence-electron chi connectivity index (χ1n) is 8.88. The third kappa shape index (κ3) is 5.35. The molecule has 1 atom stereocenters. The molecule has 0 bridgehead atoms. The zero-order valence-corrected chi connectivity index (χ0v) is 16.3. The number of carbonyl (C=O) groups excluding carboxylic acids is 1. The number of anilines is 1. The molecule has 1 heterocycles. The second-order valence-electron chi connectivity index (χ2n) is 6.59. The molecule has 0 aliphatic rings. The molecule has 0 saturated carbocycles. The fourth-order valence-corrected chi connectivity index (χ4v) is 2.76. The van der Waals surface area contributed by atoms with Crippen LogP contribution in [0.25, 0.3) is 11.3 Å². The van der Waals surface area contributed by atoms with E-state index in [1.807, 2.05) is 6.92 Å². The van der Waals surface area contributed by atoms with Gasteiger partial charge in [0, 0.05) is 30.1 Å². The molecule has 29 heavy (non-hydrogen) atoms. The van der Waals surface area contributed by atoms with Gasteiger partial charge in [0.1, 0.15) is 5.75 Å². The number of hydrogen-bond donors (Lipinski definition) is 3. The molecular formula is C19H23F3N4O3. The molecule has 1 aromatic carbocycles. The van der Waals surface area contributed by atoms with E-state index in [9.17, 15) is 23.1 Å². The number of nitrogens with one attached hydrogen (secondary N) is 1. The van der Waals surface area contributed by atoms with Gasteiger partial charge in [0.2, 0.25) is 0 Å². The van der Waals surface area contributed by atoms with Crippen LogP contribution in [-0.4, -0.2) is 41.0 Å². The van der Waals surface area contributed by atoms with Crippen molar-refractivity contribution in [1.82, 2.24) is 10.2 Å². The summed E-state index contributed by atoms with van der Waals surface area (Å²) in [4.78, 5) is 11.6. The maximum absolute atomic E-state index is 12.9. The predicted molar refractivity (Wildman–Crippen MR) is 101 cm³/mol. The summed E-state index contributed by atoms with van der Waals surface area (Å²) in [7, 11) is 1.28. The number of rotatable bonds is 7. The van der Waals surface area contributed by atoms with Gasteiger partial charge in [0.05, 0.1) is 18.4 Å². The molecule has 0 fully saturated rings. The third-order valence-electron chi connectivity index (χ3n) is 4.47. The third-order valence-corrected chi connectivity index (χ3v) is 4.47. The maximum Gasteiger partial charge on any atom is 0.416 e. The zero-order valence-electron chi connectivity index (χ0n) is 16.3. The maximum atomic E-state index is 12.9. The number of benzene rings is 1. The van der Waals surface area contributed by atoms with Crippen molar-refractivity contribution in [3.05, 3.63) is 34.9 Å². The van der Waals surface area contributed by atoms with Gasteiger partial charge >= 0.3 is 12.1 Å². The number of ether oxygens (including phenoxy) is 1. The lowest BCUT2D eigenvalue weighted by Crippen LogP contribution is -2.27. The van der Waals surface area contributed by atoms with E-state index < -0.39 is 23.5 Å². The van der Waals surface area contributed by atoms with Crippen LogP contribution < -0.4 is 11.1 Å². The zero-order chi connectivity index (χ0) is 21.8. The van der Waals surface area contributed by atoms with E-state index >= 15 is 0 Å². The first-order valence-corrected chi connectivity index (χ1v) is 8.88. The van der Waals surface area contributed by atoms with Gasteiger partial charge in [0.25, 0.3) is 0 Å². The minimum absolute atomic E-state index is 0.0765. The van der Waals surface area contributed by atoms with Crippen molar-refractivity contribution < 1.29 is 27.8 Å². The fraction of sp³-hybridized carbons (Fsp3) is 0.421. The molecule has 0 aliphatic carbocycles. The van der Waals surface area contributed by atoms with Crippen LogP contribution in [-0.2, 0) is 22.1 Å². The average molecular weight is 412 g/mol. The Morgan fingerprint density at radius 1 is 1.34 bits per heavy atom. The number of aromatic nitrogens is 2. The predicted octanol–water partition coefficient (Wildman–Crippen LogP) is 3.04. The highest BCUT2D eigenvalue weighted by Crippen LogP contribution is 2.38. The van der Waals surface area contributed by atoms with Gasteiger partial charge < -0.3 is 20.9 Å². The molecule has 0 amide bonds. The molecule has 2 aromatic rings. The Labute approximate surface area is 166 Å². The standard InChI is InChI=1S/C19H23F3N4O3/c1-10(9-23)24-18-13(6-7-16(28)29-3)11(2)17(25-26-18)14-5-4-12(8-15(14)27)19(20,21)22/h4-5,8,10,27H,6-7,9,23H2,1-3H3,(H,24,26). The van der Waals surface area contributed by atoms with Crippen molar-refractivity contribution in [1.29, 1.82) is 0 Å². The number of phenols is 1. The molecule has 2 rings (SSSR count). The lowest BCUT2D eigenvalue weighted by atomic mass is 9.98. The summed E-state index contributed by atoms with van der Waals surface area (Å²) < 4.78 is 43.3. The van der Waals surface area contributed by atoms with Crippen LogP contribution in [0.1, 0.15) is 30.0 Å². The molecule has 10 heteroatoms. The normalized spacial score (nSPS) is 12.5. The van der Waals surface area contributed by atoms with Gasteiger partial charge in [-0.1, -0.05) is 0 Å². The minimum Gasteiger partial charge on any atom is -0.507 e. The molecule has 0 saturated heterocycles. The second-order valence-corrected chi connectivity index (χ2v) is 6.59. The van der Waals surface area contributed by atoms with E-state index in [4.69, 9.17) is 5.73 Å². The molecular weight excluding hydrogens is 389 g/mol. The Morgan fingerprint density at radius 3 is 2.59 bits per heavy atom. The molecule has 1 aromatic heterocycles. The van der Waals surface area contributed by atoms with Crippen LogP contribution in [0.2, 0.25) is 0 Å². The van der Waals surface area contributed by atoms with Gasteiger partial charge in [0.15, 0.2) is 5.82 Å². The lowest BCUT2D eigenvalue weighted by molar-refractivity contribution is -0.140. The van der Waals surface area contributed by atoms with E-state index in [1.165, 1.54) is 7.11 Å². The fourth-order valence-electron chi connectivity index (χ4n) is 2.76. The first-order chi connectivity index (χ1) is 13.6. The first kappa shape index (κ1) is 22.4. The highest BCUT2D eigenvalue weighted by Gasteiger charge is 2.31. The van der Waals surface area contributed by atoms with Crippen molar-refractivity contribution in [2.45, 2.75) is 38.9 Å². The van der Waals surface area contributed by atoms with Gasteiger partial charge in [-0.25, -0.2) is 0 Å². The van der Waals surface area contributed by atoms with E-state index in [2.05, 4.69) is 20.3 Å². The number of halogens is 3. The minimum atomic E-state index is -4.57. The van der Waals surface area contributed by atoms with Crippen LogP contribution in [0, 0.1) is 6.92 Å². The van der Waals surface area contributed by atoms with Crippen molar-refractivity contribution in [2.75, 3.05) is 19.0 Å². The molecule has 0 radical (unpaired) electrons. The second kappa shape index (κ2) is 9.08. The summed E-state index contributed by atoms with van der Waals surface area (Å²) in [5.74, 6) is -0.565. The number of esters is 1. The largest absolute Gasteiger partial charge is 0.507 e. The van der Waals surface area contributed by atoms with Crippen molar-refractivity contribution >= 4 is 11.8 Å². The molecule has 0 spiro atoms. The van der Waals surface area contributed by atoms with Crippen molar-refractivity contribution in [2.24, 2.45) is 5.73 Å². The summed E-state index contributed by atoms with van der Waals surface area (Å²) >= 11 is 0. The quantitative estimate of drug-likeness (QED) is 0.600. The van der Waals surface area contributed by atoms with Crippen molar-refractivity contribution in [3.63, 3.8) is 0 Å². The van der Waals surface area contributed by atoms with Gasteiger partial charge in [-0.2, -0.15) is 13.2 Å². The number of hydrogen-bond acceptors (Lipinski definition) is 7. The van der Waals surface area contributed by atoms with E-state index in [0.717, 1.165) is 12.1 Å². The van der Waals surface area contributed by atoms with Gasteiger partial charge in [-0.05, 0) is 44.0 Å². The number of alkyl halides is 3. The molecule has 4 N–H and O–H groups in total. The molecule has 1 unspecified atom stereocenters. The Hall–Kier alpha value is -2.88. The molecule has 0 aliphatic heterocycles. The van der Waals surface area contributed by atoms with Crippen LogP contribution in [0.3, 0.4) is 0 Å². The van der Waals surface area contributed by atoms with Crippen LogP contribution in [0.5, 0.6) is 5.75 Å². The summed E-state index contributed by atoms with van der Waals surface area (Å²) in [5, 5.41) is 21.5. The lowest BCUT2D eigenvalue weighted by Gasteiger charge is -2.19. The van der Waals surface area contributed by atoms with E-state index in [0.29, 0.717) is 29.6 Å². The Morgan fingerprint density at radius 2 is 2.03 bits per heavy atom. The van der Waals surface area contributed by atoms with Crippen molar-refractivity contribution in [3.8, 4) is 17.0 Å². The summed E-state index contributed by atoms with van der Waals surface area (Å²) in [5.41, 5.74) is 6.21. The van der Waals surface area contributed by atoms with Crippen LogP contribution in [0.15, 0.2) is 18.2 Å². The Bertz CT molecular complexity index is 888. The number of nitrogens with two attached hydrogens (primary N) is 1. The number of nitrogens with zero attached hydrogens (tertiary/aromatic N) is 2. The Balaban J connectivity index is 2.52. The summed E-state index contributed by atoms with van der Waals surface area (Å²) in [6, 6.07) is 2.54. The number of carbonyl (C=O) groups is 1. The Kier molecular flexibility index (Phi) is 7.02.